The van der Waals surface area contributed by atoms with Gasteiger partial charge in [0.25, 0.3) is 14.2 Å². The van der Waals surface area contributed by atoms with Gasteiger partial charge in [0.15, 0.2) is 5.65 Å². The van der Waals surface area contributed by atoms with Crippen molar-refractivity contribution in [1.82, 2.24) is 14.6 Å². The van der Waals surface area contributed by atoms with Gasteiger partial charge in [0, 0.05) is 16.9 Å². The van der Waals surface area contributed by atoms with Gasteiger partial charge in [0.2, 0.25) is 0 Å². The molecular formula is C6H4ClN3O2S. The van der Waals surface area contributed by atoms with E-state index in [1.807, 2.05) is 0 Å². The van der Waals surface area contributed by atoms with E-state index < -0.39 is 9.05 Å². The van der Waals surface area contributed by atoms with Gasteiger partial charge in [-0.05, 0) is 12.1 Å². The van der Waals surface area contributed by atoms with Crippen LogP contribution in [0.4, 0.5) is 0 Å². The third-order valence-electron chi connectivity index (χ3n) is 1.50. The molecule has 0 bridgehead atoms. The summed E-state index contributed by atoms with van der Waals surface area (Å²) in [4.78, 5) is 0. The van der Waals surface area contributed by atoms with Crippen LogP contribution < -0.4 is 0 Å². The maximum absolute atomic E-state index is 11.0. The molecule has 0 atom stereocenters. The number of nitrogens with zero attached hydrogens (tertiary/aromatic N) is 3. The fourth-order valence-corrected chi connectivity index (χ4v) is 1.83. The zero-order chi connectivity index (χ0) is 9.47. The van der Waals surface area contributed by atoms with Crippen LogP contribution in [0.2, 0.25) is 0 Å². The van der Waals surface area contributed by atoms with Crippen LogP contribution in [0.25, 0.3) is 5.65 Å². The van der Waals surface area contributed by atoms with Gasteiger partial charge >= 0.3 is 0 Å². The van der Waals surface area contributed by atoms with Gasteiger partial charge in [-0.15, -0.1) is 10.2 Å². The van der Waals surface area contributed by atoms with Crippen molar-refractivity contribution in [3.05, 3.63) is 24.4 Å². The minimum Gasteiger partial charge on any atom is -0.272 e. The zero-order valence-corrected chi connectivity index (χ0v) is 7.83. The SMILES string of the molecule is O=S(=O)(Cl)c1nnc2ccccn12. The van der Waals surface area contributed by atoms with Crippen molar-refractivity contribution < 1.29 is 8.42 Å². The molecule has 0 saturated carbocycles. The molecule has 0 spiro atoms. The molecule has 0 amide bonds. The summed E-state index contributed by atoms with van der Waals surface area (Å²) in [6.07, 6.45) is 1.53. The number of hydrogen-bond acceptors (Lipinski definition) is 4. The Bertz CT molecular complexity index is 548. The van der Waals surface area contributed by atoms with Crippen LogP contribution in [0, 0.1) is 0 Å². The second-order valence-corrected chi connectivity index (χ2v) is 4.81. The van der Waals surface area contributed by atoms with Crippen molar-refractivity contribution in [3.8, 4) is 0 Å². The van der Waals surface area contributed by atoms with Crippen LogP contribution in [0.5, 0.6) is 0 Å². The van der Waals surface area contributed by atoms with Crippen molar-refractivity contribution in [2.45, 2.75) is 5.16 Å². The highest BCUT2D eigenvalue weighted by Gasteiger charge is 2.17. The standard InChI is InChI=1S/C6H4ClN3O2S/c7-13(11,12)6-9-8-5-3-1-2-4-10(5)6/h1-4H. The lowest BCUT2D eigenvalue weighted by molar-refractivity contribution is 0.599. The molecule has 0 aliphatic heterocycles. The molecule has 5 nitrogen and oxygen atoms in total. The molecule has 2 aromatic heterocycles. The quantitative estimate of drug-likeness (QED) is 0.659. The second kappa shape index (κ2) is 2.68. The van der Waals surface area contributed by atoms with E-state index in [1.165, 1.54) is 10.6 Å². The number of aromatic nitrogens is 3. The highest BCUT2D eigenvalue weighted by Crippen LogP contribution is 2.12. The zero-order valence-electron chi connectivity index (χ0n) is 6.25. The molecule has 2 aromatic rings. The van der Waals surface area contributed by atoms with Crippen molar-refractivity contribution in [1.29, 1.82) is 0 Å². The predicted molar refractivity (Wildman–Crippen MR) is 46.0 cm³/mol. The van der Waals surface area contributed by atoms with E-state index in [0.29, 0.717) is 5.65 Å². The Morgan fingerprint density at radius 1 is 1.31 bits per heavy atom. The van der Waals surface area contributed by atoms with E-state index >= 15 is 0 Å². The van der Waals surface area contributed by atoms with Gasteiger partial charge in [-0.25, -0.2) is 8.42 Å². The van der Waals surface area contributed by atoms with Gasteiger partial charge in [0.05, 0.1) is 0 Å². The Hall–Kier alpha value is -1.14. The molecule has 0 aliphatic carbocycles. The molecular weight excluding hydrogens is 214 g/mol. The van der Waals surface area contributed by atoms with Gasteiger partial charge < -0.3 is 0 Å². The Balaban J connectivity index is 2.87. The molecule has 0 fully saturated rings. The normalized spacial score (nSPS) is 12.1. The van der Waals surface area contributed by atoms with Crippen molar-refractivity contribution in [2.75, 3.05) is 0 Å². The molecule has 2 heterocycles. The molecule has 0 saturated heterocycles. The minimum absolute atomic E-state index is 0.259. The summed E-state index contributed by atoms with van der Waals surface area (Å²) in [5.74, 6) is 0. The summed E-state index contributed by atoms with van der Waals surface area (Å²) in [5.41, 5.74) is 0.446. The molecule has 7 heteroatoms. The number of halogens is 1. The minimum atomic E-state index is -3.82. The Labute approximate surface area is 78.4 Å². The number of rotatable bonds is 1. The summed E-state index contributed by atoms with van der Waals surface area (Å²) in [7, 11) is 1.30. The summed E-state index contributed by atoms with van der Waals surface area (Å²) in [6.45, 7) is 0. The van der Waals surface area contributed by atoms with Crippen LogP contribution >= 0.6 is 10.7 Å². The molecule has 2 rings (SSSR count). The van der Waals surface area contributed by atoms with Crippen molar-refractivity contribution >= 4 is 25.4 Å². The number of fused-ring (bicyclic) bond motifs is 1. The Morgan fingerprint density at radius 2 is 2.08 bits per heavy atom. The Morgan fingerprint density at radius 3 is 2.77 bits per heavy atom. The first-order valence-corrected chi connectivity index (χ1v) is 5.64. The average Bonchev–Trinajstić information content (AvgIpc) is 2.45. The van der Waals surface area contributed by atoms with Gasteiger partial charge in [-0.2, -0.15) is 0 Å². The van der Waals surface area contributed by atoms with Crippen molar-refractivity contribution in [2.24, 2.45) is 0 Å². The van der Waals surface area contributed by atoms with E-state index in [0.717, 1.165) is 0 Å². The van der Waals surface area contributed by atoms with Gasteiger partial charge in [0.1, 0.15) is 0 Å². The van der Waals surface area contributed by atoms with E-state index in [9.17, 15) is 8.42 Å². The smallest absolute Gasteiger partial charge is 0.272 e. The van der Waals surface area contributed by atoms with Crippen LogP contribution in [-0.4, -0.2) is 23.0 Å². The summed E-state index contributed by atoms with van der Waals surface area (Å²) < 4.78 is 23.2. The lowest BCUT2D eigenvalue weighted by atomic mass is 10.5. The molecule has 0 radical (unpaired) electrons. The van der Waals surface area contributed by atoms with E-state index in [1.54, 1.807) is 18.2 Å². The van der Waals surface area contributed by atoms with E-state index in [2.05, 4.69) is 10.2 Å². The van der Waals surface area contributed by atoms with Crippen molar-refractivity contribution in [3.63, 3.8) is 0 Å². The van der Waals surface area contributed by atoms with Crippen LogP contribution in [0.1, 0.15) is 0 Å². The lowest BCUT2D eigenvalue weighted by Gasteiger charge is -1.92. The summed E-state index contributed by atoms with van der Waals surface area (Å²) in [6, 6.07) is 5.04. The summed E-state index contributed by atoms with van der Waals surface area (Å²) >= 11 is 0. The molecule has 0 unspecified atom stereocenters. The fourth-order valence-electron chi connectivity index (χ4n) is 0.986. The highest BCUT2D eigenvalue weighted by molar-refractivity contribution is 8.13. The lowest BCUT2D eigenvalue weighted by Crippen LogP contribution is -1.97. The van der Waals surface area contributed by atoms with E-state index in [-0.39, 0.29) is 5.16 Å². The third kappa shape index (κ3) is 1.38. The Kier molecular flexibility index (Phi) is 1.74. The van der Waals surface area contributed by atoms with Gasteiger partial charge in [-0.1, -0.05) is 6.07 Å². The van der Waals surface area contributed by atoms with E-state index in [4.69, 9.17) is 10.7 Å². The first-order valence-electron chi connectivity index (χ1n) is 3.33. The third-order valence-corrected chi connectivity index (χ3v) is 2.63. The topological polar surface area (TPSA) is 64.3 Å². The molecule has 0 N–H and O–H groups in total. The predicted octanol–water partition coefficient (Wildman–Crippen LogP) is 0.657. The molecule has 0 aliphatic rings. The first kappa shape index (κ1) is 8.46. The molecule has 13 heavy (non-hydrogen) atoms. The van der Waals surface area contributed by atoms with Crippen LogP contribution in [-0.2, 0) is 9.05 Å². The van der Waals surface area contributed by atoms with Gasteiger partial charge in [-0.3, -0.25) is 4.40 Å². The number of hydrogen-bond donors (Lipinski definition) is 0. The summed E-state index contributed by atoms with van der Waals surface area (Å²) in [5, 5.41) is 6.83. The average molecular weight is 218 g/mol. The second-order valence-electron chi connectivity index (χ2n) is 2.35. The maximum Gasteiger partial charge on any atom is 0.297 e. The van der Waals surface area contributed by atoms with Crippen LogP contribution in [0.3, 0.4) is 0 Å². The first-order chi connectivity index (χ1) is 6.09. The monoisotopic (exact) mass is 217 g/mol. The maximum atomic E-state index is 11.0. The molecule has 0 aromatic carbocycles. The number of pyridine rings is 1. The fraction of sp³-hybridized carbons (Fsp3) is 0. The molecule has 68 valence electrons. The largest absolute Gasteiger partial charge is 0.297 e. The van der Waals surface area contributed by atoms with Crippen LogP contribution in [0.15, 0.2) is 29.6 Å². The highest BCUT2D eigenvalue weighted by atomic mass is 35.7.